The van der Waals surface area contributed by atoms with Crippen molar-refractivity contribution in [2.45, 2.75) is 39.7 Å². The van der Waals surface area contributed by atoms with Crippen LogP contribution in [0.15, 0.2) is 18.3 Å². The van der Waals surface area contributed by atoms with Crippen LogP contribution in [-0.2, 0) is 4.79 Å². The molecule has 0 saturated carbocycles. The Hall–Kier alpha value is -1.95. The number of nitrogens with two attached hydrogens (primary N) is 1. The number of hydrogen-bond donors (Lipinski definition) is 3. The number of carbonyl (C=O) groups excluding carboxylic acids is 1. The molecule has 0 spiro atoms. The predicted molar refractivity (Wildman–Crippen MR) is 76.5 cm³/mol. The van der Waals surface area contributed by atoms with Crippen molar-refractivity contribution in [3.05, 3.63) is 24.0 Å². The summed E-state index contributed by atoms with van der Waals surface area (Å²) >= 11 is 0. The second-order valence-corrected chi connectivity index (χ2v) is 6.01. The molecule has 0 aromatic carbocycles. The van der Waals surface area contributed by atoms with E-state index in [9.17, 15) is 9.59 Å². The lowest BCUT2D eigenvalue weighted by Gasteiger charge is -2.22. The highest BCUT2D eigenvalue weighted by Crippen LogP contribution is 2.21. The van der Waals surface area contributed by atoms with Crippen molar-refractivity contribution in [3.8, 4) is 0 Å². The van der Waals surface area contributed by atoms with Crippen LogP contribution in [0.1, 0.15) is 44.1 Å². The van der Waals surface area contributed by atoms with E-state index in [1.807, 2.05) is 0 Å². The van der Waals surface area contributed by atoms with Crippen molar-refractivity contribution < 1.29 is 14.7 Å². The summed E-state index contributed by atoms with van der Waals surface area (Å²) in [6.07, 6.45) is 2.28. The molecule has 1 atom stereocenters. The number of aromatic carboxylic acids is 1. The molecule has 1 aromatic heterocycles. The highest BCUT2D eigenvalue weighted by atomic mass is 16.4. The van der Waals surface area contributed by atoms with Gasteiger partial charge in [0.25, 0.3) is 0 Å². The number of nitrogens with one attached hydrogen (secondary N) is 1. The van der Waals surface area contributed by atoms with Gasteiger partial charge in [0.15, 0.2) is 0 Å². The monoisotopic (exact) mass is 279 g/mol. The van der Waals surface area contributed by atoms with Gasteiger partial charge in [0.05, 0.1) is 11.9 Å². The maximum atomic E-state index is 11.8. The van der Waals surface area contributed by atoms with Gasteiger partial charge in [-0.1, -0.05) is 20.8 Å². The van der Waals surface area contributed by atoms with Crippen LogP contribution >= 0.6 is 0 Å². The topological polar surface area (TPSA) is 105 Å². The molecule has 0 bridgehead atoms. The zero-order valence-electron chi connectivity index (χ0n) is 12.0. The number of carboxylic acids is 1. The van der Waals surface area contributed by atoms with Crippen LogP contribution in [0.2, 0.25) is 0 Å². The van der Waals surface area contributed by atoms with Gasteiger partial charge in [0.2, 0.25) is 5.91 Å². The van der Waals surface area contributed by atoms with Crippen LogP contribution in [0.5, 0.6) is 0 Å². The number of rotatable bonds is 5. The molecule has 1 unspecified atom stereocenters. The van der Waals surface area contributed by atoms with Crippen LogP contribution in [0.4, 0.5) is 5.69 Å². The first-order valence-corrected chi connectivity index (χ1v) is 6.42. The van der Waals surface area contributed by atoms with Gasteiger partial charge in [-0.2, -0.15) is 0 Å². The first-order valence-electron chi connectivity index (χ1n) is 6.42. The van der Waals surface area contributed by atoms with E-state index in [2.05, 4.69) is 31.1 Å². The fourth-order valence-electron chi connectivity index (χ4n) is 1.90. The molecular formula is C14H21N3O3. The summed E-state index contributed by atoms with van der Waals surface area (Å²) in [6.45, 7) is 6.21. The quantitative estimate of drug-likeness (QED) is 0.763. The van der Waals surface area contributed by atoms with Crippen LogP contribution < -0.4 is 11.1 Å². The lowest BCUT2D eigenvalue weighted by molar-refractivity contribution is -0.116. The molecule has 0 aliphatic heterocycles. The van der Waals surface area contributed by atoms with E-state index in [1.54, 1.807) is 0 Å². The summed E-state index contributed by atoms with van der Waals surface area (Å²) < 4.78 is 0. The molecule has 1 amide bonds. The van der Waals surface area contributed by atoms with E-state index < -0.39 is 5.97 Å². The second-order valence-electron chi connectivity index (χ2n) is 6.01. The van der Waals surface area contributed by atoms with Gasteiger partial charge in [0, 0.05) is 12.5 Å². The molecule has 6 heteroatoms. The summed E-state index contributed by atoms with van der Waals surface area (Å²) in [5.74, 6) is -1.30. The summed E-state index contributed by atoms with van der Waals surface area (Å²) in [4.78, 5) is 26.2. The first-order chi connectivity index (χ1) is 9.17. The lowest BCUT2D eigenvalue weighted by atomic mass is 9.87. The predicted octanol–water partition coefficient (Wildman–Crippen LogP) is 1.87. The summed E-state index contributed by atoms with van der Waals surface area (Å²) in [5, 5.41) is 11.4. The standard InChI is InChI=1S/C14H21N3O3/c1-14(2,3)7-9(15)6-12(18)17-10-4-5-11(13(19)20)16-8-10/h4-5,8-9H,6-7,15H2,1-3H3,(H,17,18)(H,19,20). The Morgan fingerprint density at radius 1 is 1.40 bits per heavy atom. The van der Waals surface area contributed by atoms with Crippen LogP contribution in [0.25, 0.3) is 0 Å². The number of carbonyl (C=O) groups is 2. The van der Waals surface area contributed by atoms with Gasteiger partial charge in [-0.3, -0.25) is 4.79 Å². The van der Waals surface area contributed by atoms with Gasteiger partial charge in [-0.05, 0) is 24.0 Å². The first kappa shape index (κ1) is 16.1. The highest BCUT2D eigenvalue weighted by molar-refractivity contribution is 5.91. The number of hydrogen-bond acceptors (Lipinski definition) is 4. The third-order valence-corrected chi connectivity index (χ3v) is 2.59. The van der Waals surface area contributed by atoms with Crippen molar-refractivity contribution >= 4 is 17.6 Å². The van der Waals surface area contributed by atoms with E-state index in [0.29, 0.717) is 5.69 Å². The number of pyridine rings is 1. The second kappa shape index (κ2) is 6.47. The Balaban J connectivity index is 2.52. The van der Waals surface area contributed by atoms with Crippen molar-refractivity contribution in [3.63, 3.8) is 0 Å². The smallest absolute Gasteiger partial charge is 0.354 e. The number of nitrogens with zero attached hydrogens (tertiary/aromatic N) is 1. The van der Waals surface area contributed by atoms with Crippen molar-refractivity contribution in [1.82, 2.24) is 4.98 Å². The Kier molecular flexibility index (Phi) is 5.21. The number of carboxylic acid groups (broad SMARTS) is 1. The third-order valence-electron chi connectivity index (χ3n) is 2.59. The molecule has 0 radical (unpaired) electrons. The number of aromatic nitrogens is 1. The molecule has 0 aliphatic rings. The van der Waals surface area contributed by atoms with Gasteiger partial charge < -0.3 is 16.2 Å². The molecule has 0 aliphatic carbocycles. The van der Waals surface area contributed by atoms with E-state index >= 15 is 0 Å². The summed E-state index contributed by atoms with van der Waals surface area (Å²) in [6, 6.07) is 2.64. The summed E-state index contributed by atoms with van der Waals surface area (Å²) in [7, 11) is 0. The zero-order chi connectivity index (χ0) is 15.3. The molecule has 1 rings (SSSR count). The average molecular weight is 279 g/mol. The van der Waals surface area contributed by atoms with Crippen LogP contribution in [0.3, 0.4) is 0 Å². The maximum Gasteiger partial charge on any atom is 0.354 e. The maximum absolute atomic E-state index is 11.8. The number of amides is 1. The Morgan fingerprint density at radius 3 is 2.50 bits per heavy atom. The average Bonchev–Trinajstić information content (AvgIpc) is 2.26. The minimum Gasteiger partial charge on any atom is -0.477 e. The van der Waals surface area contributed by atoms with Gasteiger partial charge >= 0.3 is 5.97 Å². The highest BCUT2D eigenvalue weighted by Gasteiger charge is 2.18. The van der Waals surface area contributed by atoms with Crippen molar-refractivity contribution in [1.29, 1.82) is 0 Å². The minimum absolute atomic E-state index is 0.0626. The molecule has 1 aromatic rings. The van der Waals surface area contributed by atoms with Crippen LogP contribution in [-0.4, -0.2) is 28.0 Å². The molecule has 1 heterocycles. The Bertz CT molecular complexity index is 477. The molecule has 110 valence electrons. The Morgan fingerprint density at radius 2 is 2.05 bits per heavy atom. The third kappa shape index (κ3) is 5.79. The van der Waals surface area contributed by atoms with E-state index in [1.165, 1.54) is 18.3 Å². The van der Waals surface area contributed by atoms with Crippen molar-refractivity contribution in [2.24, 2.45) is 11.1 Å². The van der Waals surface area contributed by atoms with Crippen molar-refractivity contribution in [2.75, 3.05) is 5.32 Å². The molecule has 6 nitrogen and oxygen atoms in total. The minimum atomic E-state index is -1.10. The molecule has 0 saturated heterocycles. The normalized spacial score (nSPS) is 12.8. The molecular weight excluding hydrogens is 258 g/mol. The molecule has 4 N–H and O–H groups in total. The lowest BCUT2D eigenvalue weighted by Crippen LogP contribution is -2.31. The summed E-state index contributed by atoms with van der Waals surface area (Å²) in [5.41, 5.74) is 6.40. The zero-order valence-corrected chi connectivity index (χ0v) is 12.0. The van der Waals surface area contributed by atoms with E-state index in [-0.39, 0.29) is 29.5 Å². The molecule has 20 heavy (non-hydrogen) atoms. The molecule has 0 fully saturated rings. The SMILES string of the molecule is CC(C)(C)CC(N)CC(=O)Nc1ccc(C(=O)O)nc1. The van der Waals surface area contributed by atoms with E-state index in [4.69, 9.17) is 10.8 Å². The number of anilines is 1. The largest absolute Gasteiger partial charge is 0.477 e. The fraction of sp³-hybridized carbons (Fsp3) is 0.500. The van der Waals surface area contributed by atoms with Gasteiger partial charge in [-0.25, -0.2) is 9.78 Å². The van der Waals surface area contributed by atoms with Gasteiger partial charge in [0.1, 0.15) is 5.69 Å². The fourth-order valence-corrected chi connectivity index (χ4v) is 1.90. The van der Waals surface area contributed by atoms with Crippen LogP contribution in [0, 0.1) is 5.41 Å². The Labute approximate surface area is 118 Å². The van der Waals surface area contributed by atoms with E-state index in [0.717, 1.165) is 6.42 Å². The van der Waals surface area contributed by atoms with Gasteiger partial charge in [-0.15, -0.1) is 0 Å².